The van der Waals surface area contributed by atoms with Crippen LogP contribution >= 0.6 is 0 Å². The van der Waals surface area contributed by atoms with Gasteiger partial charge < -0.3 is 15.3 Å². The maximum Gasteiger partial charge on any atom is 0.416 e. The number of β-amino-alcohol motifs (C(OH)–C–C–N with tert-alkyl or cyclic N) is 1. The van der Waals surface area contributed by atoms with Gasteiger partial charge in [-0.3, -0.25) is 0 Å². The van der Waals surface area contributed by atoms with Crippen molar-refractivity contribution in [1.29, 1.82) is 0 Å². The van der Waals surface area contributed by atoms with Crippen molar-refractivity contribution in [2.24, 2.45) is 0 Å². The highest BCUT2D eigenvalue weighted by atomic mass is 19.4. The molecule has 0 bridgehead atoms. The van der Waals surface area contributed by atoms with Crippen molar-refractivity contribution in [2.45, 2.75) is 38.6 Å². The van der Waals surface area contributed by atoms with Gasteiger partial charge in [0, 0.05) is 29.5 Å². The van der Waals surface area contributed by atoms with Crippen LogP contribution < -0.4 is 10.2 Å². The lowest BCUT2D eigenvalue weighted by molar-refractivity contribution is -0.138. The summed E-state index contributed by atoms with van der Waals surface area (Å²) in [4.78, 5) is 2.11. The summed E-state index contributed by atoms with van der Waals surface area (Å²) in [5.74, 6) is 0.512. The monoisotopic (exact) mass is 416 g/mol. The van der Waals surface area contributed by atoms with Gasteiger partial charge in [0.05, 0.1) is 23.9 Å². The fourth-order valence-electron chi connectivity index (χ4n) is 4.06. The fourth-order valence-corrected chi connectivity index (χ4v) is 4.06. The number of rotatable bonds is 4. The van der Waals surface area contributed by atoms with Gasteiger partial charge in [0.15, 0.2) is 5.82 Å². The molecule has 0 saturated carbocycles. The van der Waals surface area contributed by atoms with Crippen molar-refractivity contribution >= 4 is 22.3 Å². The average molecular weight is 416 g/mol. The number of benzene rings is 2. The molecule has 2 N–H and O–H groups in total. The molecule has 1 aromatic heterocycles. The largest absolute Gasteiger partial charge is 0.416 e. The predicted molar refractivity (Wildman–Crippen MR) is 111 cm³/mol. The molecule has 1 aliphatic rings. The third kappa shape index (κ3) is 3.92. The highest BCUT2D eigenvalue weighted by Gasteiger charge is 2.33. The molecule has 0 radical (unpaired) electrons. The summed E-state index contributed by atoms with van der Waals surface area (Å²) in [6, 6.07) is 9.72. The molecular formula is C22H23F3N4O. The van der Waals surface area contributed by atoms with E-state index >= 15 is 0 Å². The van der Waals surface area contributed by atoms with E-state index in [0.717, 1.165) is 35.5 Å². The summed E-state index contributed by atoms with van der Waals surface area (Å²) in [6.45, 7) is 4.64. The molecule has 0 spiro atoms. The van der Waals surface area contributed by atoms with E-state index in [1.165, 1.54) is 13.0 Å². The first-order valence-corrected chi connectivity index (χ1v) is 9.85. The molecule has 158 valence electrons. The number of halogens is 3. The predicted octanol–water partition coefficient (Wildman–Crippen LogP) is 4.70. The summed E-state index contributed by atoms with van der Waals surface area (Å²) >= 11 is 0. The smallest absolute Gasteiger partial charge is 0.391 e. The SMILES string of the molecule is Cc1c([C@@H](C)Nc2nncc3ccc(N4CC[C@H](O)C4)cc23)cccc1C(F)(F)F. The Morgan fingerprint density at radius 1 is 1.23 bits per heavy atom. The third-order valence-corrected chi connectivity index (χ3v) is 5.68. The van der Waals surface area contributed by atoms with Crippen molar-refractivity contribution in [1.82, 2.24) is 10.2 Å². The van der Waals surface area contributed by atoms with Gasteiger partial charge in [-0.25, -0.2) is 0 Å². The molecule has 8 heteroatoms. The summed E-state index contributed by atoms with van der Waals surface area (Å²) in [5, 5.41) is 23.0. The summed E-state index contributed by atoms with van der Waals surface area (Å²) < 4.78 is 39.8. The van der Waals surface area contributed by atoms with Crippen molar-refractivity contribution in [3.63, 3.8) is 0 Å². The summed E-state index contributed by atoms with van der Waals surface area (Å²) in [6.07, 6.45) is -2.35. The third-order valence-electron chi connectivity index (χ3n) is 5.68. The van der Waals surface area contributed by atoms with Crippen LogP contribution in [0.5, 0.6) is 0 Å². The molecule has 0 aliphatic carbocycles. The van der Waals surface area contributed by atoms with Gasteiger partial charge in [-0.1, -0.05) is 18.2 Å². The first-order chi connectivity index (χ1) is 14.2. The second-order valence-corrected chi connectivity index (χ2v) is 7.74. The number of aromatic nitrogens is 2. The molecule has 2 heterocycles. The van der Waals surface area contributed by atoms with Crippen LogP contribution in [0.4, 0.5) is 24.7 Å². The van der Waals surface area contributed by atoms with Crippen molar-refractivity contribution < 1.29 is 18.3 Å². The number of aliphatic hydroxyl groups is 1. The Morgan fingerprint density at radius 2 is 2.03 bits per heavy atom. The zero-order chi connectivity index (χ0) is 21.5. The van der Waals surface area contributed by atoms with E-state index in [1.807, 2.05) is 25.1 Å². The Kier molecular flexibility index (Phi) is 5.27. The molecule has 1 saturated heterocycles. The van der Waals surface area contributed by atoms with Gasteiger partial charge in [-0.2, -0.15) is 18.3 Å². The number of aliphatic hydroxyl groups excluding tert-OH is 1. The maximum absolute atomic E-state index is 13.3. The molecular weight excluding hydrogens is 393 g/mol. The Hall–Kier alpha value is -2.87. The lowest BCUT2D eigenvalue weighted by atomic mass is 9.97. The number of hydrogen-bond donors (Lipinski definition) is 2. The number of fused-ring (bicyclic) bond motifs is 1. The van der Waals surface area contributed by atoms with E-state index < -0.39 is 17.8 Å². The molecule has 3 aromatic rings. The number of hydrogen-bond acceptors (Lipinski definition) is 5. The van der Waals surface area contributed by atoms with E-state index in [4.69, 9.17) is 0 Å². The quantitative estimate of drug-likeness (QED) is 0.646. The van der Waals surface area contributed by atoms with Crippen LogP contribution in [0, 0.1) is 6.92 Å². The Morgan fingerprint density at radius 3 is 2.73 bits per heavy atom. The fraction of sp³-hybridized carbons (Fsp3) is 0.364. The van der Waals surface area contributed by atoms with E-state index in [0.29, 0.717) is 17.9 Å². The number of alkyl halides is 3. The number of nitrogens with one attached hydrogen (secondary N) is 1. The highest BCUT2D eigenvalue weighted by Crippen LogP contribution is 2.36. The first kappa shape index (κ1) is 20.4. The van der Waals surface area contributed by atoms with Crippen LogP contribution in [0.2, 0.25) is 0 Å². The minimum Gasteiger partial charge on any atom is -0.391 e. The molecule has 5 nitrogen and oxygen atoms in total. The average Bonchev–Trinajstić information content (AvgIpc) is 3.13. The molecule has 30 heavy (non-hydrogen) atoms. The Labute approximate surface area is 172 Å². The number of anilines is 2. The van der Waals surface area contributed by atoms with Crippen LogP contribution in [0.1, 0.15) is 36.1 Å². The summed E-state index contributed by atoms with van der Waals surface area (Å²) in [5.41, 5.74) is 1.10. The maximum atomic E-state index is 13.3. The number of nitrogens with zero attached hydrogens (tertiary/aromatic N) is 3. The van der Waals surface area contributed by atoms with Crippen molar-refractivity contribution in [3.05, 3.63) is 59.3 Å². The molecule has 1 aliphatic heterocycles. The first-order valence-electron chi connectivity index (χ1n) is 9.85. The normalized spacial score (nSPS) is 18.1. The molecule has 2 atom stereocenters. The molecule has 1 fully saturated rings. The topological polar surface area (TPSA) is 61.3 Å². The lowest BCUT2D eigenvalue weighted by Crippen LogP contribution is -2.21. The van der Waals surface area contributed by atoms with Gasteiger partial charge in [-0.05, 0) is 49.6 Å². The molecule has 0 unspecified atom stereocenters. The molecule has 2 aromatic carbocycles. The Bertz CT molecular complexity index is 1070. The van der Waals surface area contributed by atoms with Crippen LogP contribution in [0.25, 0.3) is 10.8 Å². The standard InChI is InChI=1S/C22H23F3N4O/c1-13-18(4-3-5-20(13)22(23,24)25)14(2)27-21-19-10-16(29-9-8-17(30)12-29)7-6-15(19)11-26-28-21/h3-7,10-11,14,17,30H,8-9,12H2,1-2H3,(H,27,28)/t14-,17+/m1/s1. The van der Waals surface area contributed by atoms with Crippen LogP contribution in [-0.2, 0) is 6.18 Å². The van der Waals surface area contributed by atoms with E-state index in [1.54, 1.807) is 12.3 Å². The van der Waals surface area contributed by atoms with E-state index in [9.17, 15) is 18.3 Å². The van der Waals surface area contributed by atoms with Crippen LogP contribution in [0.15, 0.2) is 42.6 Å². The summed E-state index contributed by atoms with van der Waals surface area (Å²) in [7, 11) is 0. The van der Waals surface area contributed by atoms with Gasteiger partial charge in [0.25, 0.3) is 0 Å². The Balaban J connectivity index is 1.67. The van der Waals surface area contributed by atoms with E-state index in [-0.39, 0.29) is 11.7 Å². The zero-order valence-corrected chi connectivity index (χ0v) is 16.7. The highest BCUT2D eigenvalue weighted by molar-refractivity contribution is 5.93. The van der Waals surface area contributed by atoms with Crippen LogP contribution in [0.3, 0.4) is 0 Å². The zero-order valence-electron chi connectivity index (χ0n) is 16.7. The molecule has 4 rings (SSSR count). The van der Waals surface area contributed by atoms with E-state index in [2.05, 4.69) is 20.4 Å². The second kappa shape index (κ2) is 7.75. The van der Waals surface area contributed by atoms with Crippen molar-refractivity contribution in [2.75, 3.05) is 23.3 Å². The second-order valence-electron chi connectivity index (χ2n) is 7.74. The van der Waals surface area contributed by atoms with Gasteiger partial charge >= 0.3 is 6.18 Å². The molecule has 0 amide bonds. The van der Waals surface area contributed by atoms with Crippen molar-refractivity contribution in [3.8, 4) is 0 Å². The van der Waals surface area contributed by atoms with Crippen LogP contribution in [-0.4, -0.2) is 34.5 Å². The minimum atomic E-state index is -4.39. The van der Waals surface area contributed by atoms with Gasteiger partial charge in [-0.15, -0.1) is 5.10 Å². The van der Waals surface area contributed by atoms with Gasteiger partial charge in [0.2, 0.25) is 0 Å². The lowest BCUT2D eigenvalue weighted by Gasteiger charge is -2.22. The minimum absolute atomic E-state index is 0.199. The van der Waals surface area contributed by atoms with Gasteiger partial charge in [0.1, 0.15) is 0 Å².